The smallest absolute Gasteiger partial charge is 0.309 e. The van der Waals surface area contributed by atoms with Crippen molar-refractivity contribution in [2.24, 2.45) is 5.41 Å². The third kappa shape index (κ3) is 4.57. The minimum atomic E-state index is -0.831. The maximum atomic E-state index is 10.9. The van der Waals surface area contributed by atoms with Gasteiger partial charge in [0.05, 0.1) is 16.9 Å². The van der Waals surface area contributed by atoms with E-state index in [0.29, 0.717) is 25.2 Å². The van der Waals surface area contributed by atoms with Gasteiger partial charge in [-0.05, 0) is 38.8 Å². The van der Waals surface area contributed by atoms with Gasteiger partial charge >= 0.3 is 5.97 Å². The zero-order valence-electron chi connectivity index (χ0n) is 11.0. The summed E-state index contributed by atoms with van der Waals surface area (Å²) < 4.78 is 5.40. The number of non-ortho nitro benzene ring substituents is 1. The molecule has 0 radical (unpaired) electrons. The highest BCUT2D eigenvalue weighted by molar-refractivity contribution is 5.73. The Labute approximate surface area is 111 Å². The van der Waals surface area contributed by atoms with Crippen LogP contribution in [0.3, 0.4) is 0 Å². The van der Waals surface area contributed by atoms with Crippen molar-refractivity contribution in [3.8, 4) is 5.75 Å². The van der Waals surface area contributed by atoms with E-state index < -0.39 is 16.3 Å². The SMILES string of the molecule is CC(C)(CCCOc1ccc([N+](=O)[O-])cc1)C(=O)O. The fourth-order valence-corrected chi connectivity index (χ4v) is 1.48. The molecule has 1 rings (SSSR count). The number of carbonyl (C=O) groups is 1. The molecule has 0 saturated heterocycles. The van der Waals surface area contributed by atoms with Gasteiger partial charge in [-0.25, -0.2) is 0 Å². The van der Waals surface area contributed by atoms with Gasteiger partial charge in [0.2, 0.25) is 0 Å². The zero-order chi connectivity index (χ0) is 14.5. The molecule has 6 heteroatoms. The molecule has 0 unspecified atom stereocenters. The molecule has 0 aliphatic carbocycles. The Bertz CT molecular complexity index is 453. The Morgan fingerprint density at radius 3 is 2.42 bits per heavy atom. The average molecular weight is 267 g/mol. The summed E-state index contributed by atoms with van der Waals surface area (Å²) in [7, 11) is 0. The standard InChI is InChI=1S/C13H17NO5/c1-13(2,12(15)16)8-3-9-19-11-6-4-10(5-7-11)14(17)18/h4-7H,3,8-9H2,1-2H3,(H,15,16). The Morgan fingerprint density at radius 2 is 1.95 bits per heavy atom. The Morgan fingerprint density at radius 1 is 1.37 bits per heavy atom. The lowest BCUT2D eigenvalue weighted by atomic mass is 9.88. The van der Waals surface area contributed by atoms with E-state index in [1.807, 2.05) is 0 Å². The Hall–Kier alpha value is -2.11. The van der Waals surface area contributed by atoms with E-state index in [-0.39, 0.29) is 5.69 Å². The van der Waals surface area contributed by atoms with E-state index in [1.165, 1.54) is 24.3 Å². The third-order valence-corrected chi connectivity index (χ3v) is 2.84. The monoisotopic (exact) mass is 267 g/mol. The fraction of sp³-hybridized carbons (Fsp3) is 0.462. The van der Waals surface area contributed by atoms with Crippen LogP contribution in [0.4, 0.5) is 5.69 Å². The van der Waals surface area contributed by atoms with Gasteiger partial charge < -0.3 is 9.84 Å². The number of carboxylic acids is 1. The predicted molar refractivity (Wildman–Crippen MR) is 69.2 cm³/mol. The molecular weight excluding hydrogens is 250 g/mol. The first kappa shape index (κ1) is 14.9. The molecule has 19 heavy (non-hydrogen) atoms. The Kier molecular flexibility index (Phi) is 4.86. The van der Waals surface area contributed by atoms with E-state index >= 15 is 0 Å². The van der Waals surface area contributed by atoms with Crippen LogP contribution in [0, 0.1) is 15.5 Å². The first-order valence-electron chi connectivity index (χ1n) is 5.93. The molecule has 0 aromatic heterocycles. The lowest BCUT2D eigenvalue weighted by molar-refractivity contribution is -0.384. The number of hydrogen-bond acceptors (Lipinski definition) is 4. The number of ether oxygens (including phenoxy) is 1. The maximum absolute atomic E-state index is 10.9. The highest BCUT2D eigenvalue weighted by Crippen LogP contribution is 2.23. The summed E-state index contributed by atoms with van der Waals surface area (Å²) in [5.41, 5.74) is -0.752. The first-order chi connectivity index (χ1) is 8.83. The number of nitro benzene ring substituents is 1. The van der Waals surface area contributed by atoms with Crippen LogP contribution in [-0.4, -0.2) is 22.6 Å². The second kappa shape index (κ2) is 6.17. The fourth-order valence-electron chi connectivity index (χ4n) is 1.48. The van der Waals surface area contributed by atoms with E-state index in [4.69, 9.17) is 9.84 Å². The number of nitrogens with zero attached hydrogens (tertiary/aromatic N) is 1. The zero-order valence-corrected chi connectivity index (χ0v) is 11.0. The van der Waals surface area contributed by atoms with Crippen LogP contribution in [0.5, 0.6) is 5.75 Å². The highest BCUT2D eigenvalue weighted by Gasteiger charge is 2.26. The summed E-state index contributed by atoms with van der Waals surface area (Å²) in [6.07, 6.45) is 1.12. The number of aliphatic carboxylic acids is 1. The maximum Gasteiger partial charge on any atom is 0.309 e. The minimum absolute atomic E-state index is 0.0133. The quantitative estimate of drug-likeness (QED) is 0.466. The number of hydrogen-bond donors (Lipinski definition) is 1. The first-order valence-corrected chi connectivity index (χ1v) is 5.93. The highest BCUT2D eigenvalue weighted by atomic mass is 16.6. The van der Waals surface area contributed by atoms with E-state index in [9.17, 15) is 14.9 Å². The molecule has 0 fully saturated rings. The van der Waals surface area contributed by atoms with Crippen LogP contribution in [0.25, 0.3) is 0 Å². The second-order valence-electron chi connectivity index (χ2n) is 4.89. The topological polar surface area (TPSA) is 89.7 Å². The molecule has 0 heterocycles. The van der Waals surface area contributed by atoms with Crippen molar-refractivity contribution in [3.63, 3.8) is 0 Å². The molecule has 0 amide bonds. The number of nitro groups is 1. The number of benzene rings is 1. The molecular formula is C13H17NO5. The summed E-state index contributed by atoms with van der Waals surface area (Å²) >= 11 is 0. The van der Waals surface area contributed by atoms with Gasteiger partial charge in [0, 0.05) is 12.1 Å². The van der Waals surface area contributed by atoms with E-state index in [0.717, 1.165) is 0 Å². The molecule has 0 bridgehead atoms. The van der Waals surface area contributed by atoms with Crippen LogP contribution >= 0.6 is 0 Å². The predicted octanol–water partition coefficient (Wildman–Crippen LogP) is 2.86. The van der Waals surface area contributed by atoms with Crippen molar-refractivity contribution >= 4 is 11.7 Å². The van der Waals surface area contributed by atoms with Gasteiger partial charge in [-0.2, -0.15) is 0 Å². The third-order valence-electron chi connectivity index (χ3n) is 2.84. The van der Waals surface area contributed by atoms with Crippen molar-refractivity contribution in [1.29, 1.82) is 0 Å². The van der Waals surface area contributed by atoms with Gasteiger partial charge in [-0.15, -0.1) is 0 Å². The van der Waals surface area contributed by atoms with Crippen molar-refractivity contribution in [2.75, 3.05) is 6.61 Å². The van der Waals surface area contributed by atoms with Gasteiger partial charge in [0.15, 0.2) is 0 Å². The molecule has 0 atom stereocenters. The summed E-state index contributed by atoms with van der Waals surface area (Å²) in [6.45, 7) is 3.72. The normalized spacial score (nSPS) is 11.1. The molecule has 1 aromatic carbocycles. The lowest BCUT2D eigenvalue weighted by Crippen LogP contribution is -2.24. The van der Waals surface area contributed by atoms with Gasteiger partial charge in [-0.3, -0.25) is 14.9 Å². The van der Waals surface area contributed by atoms with Crippen molar-refractivity contribution in [2.45, 2.75) is 26.7 Å². The second-order valence-corrected chi connectivity index (χ2v) is 4.89. The molecule has 6 nitrogen and oxygen atoms in total. The van der Waals surface area contributed by atoms with Gasteiger partial charge in [0.1, 0.15) is 5.75 Å². The molecule has 0 aliphatic heterocycles. The molecule has 0 spiro atoms. The van der Waals surface area contributed by atoms with Crippen molar-refractivity contribution < 1.29 is 19.6 Å². The van der Waals surface area contributed by atoms with Gasteiger partial charge in [0.25, 0.3) is 5.69 Å². The lowest BCUT2D eigenvalue weighted by Gasteiger charge is -2.18. The van der Waals surface area contributed by atoms with E-state index in [1.54, 1.807) is 13.8 Å². The Balaban J connectivity index is 2.38. The van der Waals surface area contributed by atoms with E-state index in [2.05, 4.69) is 0 Å². The molecule has 1 N–H and O–H groups in total. The molecule has 1 aromatic rings. The van der Waals surface area contributed by atoms with Crippen LogP contribution < -0.4 is 4.74 Å². The van der Waals surface area contributed by atoms with Crippen LogP contribution in [0.15, 0.2) is 24.3 Å². The molecule has 0 aliphatic rings. The number of carboxylic acid groups (broad SMARTS) is 1. The number of rotatable bonds is 7. The average Bonchev–Trinajstić information content (AvgIpc) is 2.35. The van der Waals surface area contributed by atoms with Crippen molar-refractivity contribution in [1.82, 2.24) is 0 Å². The summed E-state index contributed by atoms with van der Waals surface area (Å²) in [4.78, 5) is 20.9. The molecule has 104 valence electrons. The molecule has 0 saturated carbocycles. The minimum Gasteiger partial charge on any atom is -0.494 e. The van der Waals surface area contributed by atoms with Crippen LogP contribution in [0.1, 0.15) is 26.7 Å². The van der Waals surface area contributed by atoms with Gasteiger partial charge in [-0.1, -0.05) is 0 Å². The van der Waals surface area contributed by atoms with Crippen LogP contribution in [0.2, 0.25) is 0 Å². The largest absolute Gasteiger partial charge is 0.494 e. The summed E-state index contributed by atoms with van der Waals surface area (Å²) in [5, 5.41) is 19.4. The summed E-state index contributed by atoms with van der Waals surface area (Å²) in [5.74, 6) is -0.290. The van der Waals surface area contributed by atoms with Crippen molar-refractivity contribution in [3.05, 3.63) is 34.4 Å². The van der Waals surface area contributed by atoms with Crippen LogP contribution in [-0.2, 0) is 4.79 Å². The summed E-state index contributed by atoms with van der Waals surface area (Å²) in [6, 6.07) is 5.80.